The van der Waals surface area contributed by atoms with Crippen LogP contribution in [0.5, 0.6) is 0 Å². The Morgan fingerprint density at radius 1 is 1.36 bits per heavy atom. The number of benzene rings is 1. The van der Waals surface area contributed by atoms with Crippen molar-refractivity contribution in [2.45, 2.75) is 20.4 Å². The van der Waals surface area contributed by atoms with E-state index in [0.717, 1.165) is 23.2 Å². The van der Waals surface area contributed by atoms with Gasteiger partial charge in [-0.15, -0.1) is 0 Å². The summed E-state index contributed by atoms with van der Waals surface area (Å²) in [6.07, 6.45) is 3.48. The van der Waals surface area contributed by atoms with Gasteiger partial charge in [-0.3, -0.25) is 14.9 Å². The van der Waals surface area contributed by atoms with E-state index in [1.54, 1.807) is 12.3 Å². The summed E-state index contributed by atoms with van der Waals surface area (Å²) in [5.74, 6) is -0.644. The lowest BCUT2D eigenvalue weighted by Crippen LogP contribution is -2.12. The van der Waals surface area contributed by atoms with Crippen LogP contribution < -0.4 is 5.56 Å². The molecule has 0 fully saturated rings. The summed E-state index contributed by atoms with van der Waals surface area (Å²) >= 11 is 0. The minimum Gasteiger partial charge on any atom is -0.332 e. The molecule has 9 heteroatoms. The summed E-state index contributed by atoms with van der Waals surface area (Å²) in [6.45, 7) is 4.86. The standard InChI is InChI=1S/C19H16FN5O3/c1-10(2)8-24-9-12(11-4-3-5-21-18(11)24)17-19(26)23-15-7-16(25(27)28)13(20)6-14(15)22-17/h3-7,9-10H,8H2,1-2H3,(H,23,26). The number of hydrogen-bond donors (Lipinski definition) is 1. The third-order valence-electron chi connectivity index (χ3n) is 4.41. The van der Waals surface area contributed by atoms with E-state index in [0.29, 0.717) is 18.0 Å². The molecule has 0 bridgehead atoms. The molecule has 3 heterocycles. The van der Waals surface area contributed by atoms with E-state index >= 15 is 0 Å². The van der Waals surface area contributed by atoms with Crippen molar-refractivity contribution in [3.8, 4) is 11.3 Å². The number of nitro benzene ring substituents is 1. The molecule has 0 spiro atoms. The first-order valence-electron chi connectivity index (χ1n) is 8.67. The average molecular weight is 381 g/mol. The number of halogens is 1. The van der Waals surface area contributed by atoms with Crippen LogP contribution in [0, 0.1) is 21.8 Å². The second-order valence-corrected chi connectivity index (χ2v) is 6.96. The number of pyridine rings is 1. The first-order valence-corrected chi connectivity index (χ1v) is 8.67. The third kappa shape index (κ3) is 2.90. The Morgan fingerprint density at radius 2 is 2.14 bits per heavy atom. The van der Waals surface area contributed by atoms with E-state index in [-0.39, 0.29) is 16.7 Å². The highest BCUT2D eigenvalue weighted by Gasteiger charge is 2.20. The van der Waals surface area contributed by atoms with Crippen molar-refractivity contribution >= 4 is 27.8 Å². The number of H-pyrrole nitrogens is 1. The van der Waals surface area contributed by atoms with Crippen LogP contribution in [0.15, 0.2) is 41.5 Å². The van der Waals surface area contributed by atoms with Crippen molar-refractivity contribution in [3.05, 3.63) is 62.9 Å². The van der Waals surface area contributed by atoms with Gasteiger partial charge >= 0.3 is 5.69 Å². The van der Waals surface area contributed by atoms with Gasteiger partial charge in [-0.1, -0.05) is 13.8 Å². The van der Waals surface area contributed by atoms with Crippen molar-refractivity contribution in [1.29, 1.82) is 0 Å². The fourth-order valence-electron chi connectivity index (χ4n) is 3.26. The van der Waals surface area contributed by atoms with Crippen LogP contribution in [0.4, 0.5) is 10.1 Å². The lowest BCUT2D eigenvalue weighted by Gasteiger charge is -2.06. The quantitative estimate of drug-likeness (QED) is 0.429. The molecule has 1 aromatic carbocycles. The Hall–Kier alpha value is -3.62. The summed E-state index contributed by atoms with van der Waals surface area (Å²) < 4.78 is 16.0. The molecule has 0 saturated heterocycles. The minimum atomic E-state index is -1.01. The Kier molecular flexibility index (Phi) is 4.14. The summed E-state index contributed by atoms with van der Waals surface area (Å²) in [4.78, 5) is 34.0. The number of fused-ring (bicyclic) bond motifs is 2. The predicted molar refractivity (Wildman–Crippen MR) is 103 cm³/mol. The van der Waals surface area contributed by atoms with E-state index in [4.69, 9.17) is 0 Å². The van der Waals surface area contributed by atoms with Gasteiger partial charge in [0.25, 0.3) is 5.56 Å². The van der Waals surface area contributed by atoms with Crippen LogP contribution >= 0.6 is 0 Å². The van der Waals surface area contributed by atoms with Crippen LogP contribution in [0.25, 0.3) is 33.3 Å². The lowest BCUT2D eigenvalue weighted by molar-refractivity contribution is -0.387. The van der Waals surface area contributed by atoms with Crippen molar-refractivity contribution in [3.63, 3.8) is 0 Å². The maximum atomic E-state index is 14.0. The molecular formula is C19H16FN5O3. The molecule has 4 rings (SSSR count). The summed E-state index contributed by atoms with van der Waals surface area (Å²) in [5, 5.41) is 11.7. The molecule has 0 aliphatic heterocycles. The minimum absolute atomic E-state index is 0.103. The number of aromatic nitrogens is 4. The zero-order chi connectivity index (χ0) is 20.0. The number of nitrogens with zero attached hydrogens (tertiary/aromatic N) is 4. The Morgan fingerprint density at radius 3 is 2.86 bits per heavy atom. The van der Waals surface area contributed by atoms with Gasteiger partial charge in [0, 0.05) is 42.0 Å². The molecule has 0 saturated carbocycles. The first-order chi connectivity index (χ1) is 13.3. The third-order valence-corrected chi connectivity index (χ3v) is 4.41. The van der Waals surface area contributed by atoms with Crippen LogP contribution in [0.2, 0.25) is 0 Å². The van der Waals surface area contributed by atoms with Crippen molar-refractivity contribution < 1.29 is 9.31 Å². The van der Waals surface area contributed by atoms with Crippen molar-refractivity contribution in [2.24, 2.45) is 5.92 Å². The molecule has 0 amide bonds. The van der Waals surface area contributed by atoms with Crippen molar-refractivity contribution in [2.75, 3.05) is 0 Å². The smallest absolute Gasteiger partial charge is 0.307 e. The summed E-state index contributed by atoms with van der Waals surface area (Å²) in [6, 6.07) is 5.55. The Balaban J connectivity index is 1.97. The van der Waals surface area contributed by atoms with Gasteiger partial charge in [-0.2, -0.15) is 4.39 Å². The van der Waals surface area contributed by atoms with E-state index < -0.39 is 22.0 Å². The zero-order valence-electron chi connectivity index (χ0n) is 15.1. The fraction of sp³-hybridized carbons (Fsp3) is 0.211. The van der Waals surface area contributed by atoms with Gasteiger partial charge < -0.3 is 9.55 Å². The number of nitro groups is 1. The maximum absolute atomic E-state index is 14.0. The van der Waals surface area contributed by atoms with E-state index in [9.17, 15) is 19.3 Å². The van der Waals surface area contributed by atoms with E-state index in [1.165, 1.54) is 0 Å². The molecule has 0 unspecified atom stereocenters. The van der Waals surface area contributed by atoms with Gasteiger partial charge in [-0.25, -0.2) is 9.97 Å². The fourth-order valence-corrected chi connectivity index (χ4v) is 3.26. The molecule has 4 aromatic rings. The largest absolute Gasteiger partial charge is 0.332 e. The second-order valence-electron chi connectivity index (χ2n) is 6.96. The molecule has 0 aliphatic rings. The molecule has 3 aromatic heterocycles. The summed E-state index contributed by atoms with van der Waals surface area (Å²) in [7, 11) is 0. The number of rotatable bonds is 4. The first kappa shape index (κ1) is 17.8. The van der Waals surface area contributed by atoms with Gasteiger partial charge in [0.05, 0.1) is 16.0 Å². The Labute approximate surface area is 157 Å². The highest BCUT2D eigenvalue weighted by Crippen LogP contribution is 2.29. The van der Waals surface area contributed by atoms with E-state index in [2.05, 4.69) is 28.8 Å². The second kappa shape index (κ2) is 6.52. The van der Waals surface area contributed by atoms with Gasteiger partial charge in [-0.05, 0) is 18.1 Å². The highest BCUT2D eigenvalue weighted by atomic mass is 19.1. The number of nitrogens with one attached hydrogen (secondary N) is 1. The predicted octanol–water partition coefficient (Wildman–Crippen LogP) is 3.64. The molecule has 0 atom stereocenters. The normalized spacial score (nSPS) is 11.6. The van der Waals surface area contributed by atoms with Crippen LogP contribution in [-0.2, 0) is 6.54 Å². The maximum Gasteiger partial charge on any atom is 0.307 e. The van der Waals surface area contributed by atoms with Gasteiger partial charge in [0.1, 0.15) is 11.3 Å². The van der Waals surface area contributed by atoms with Crippen LogP contribution in [-0.4, -0.2) is 24.4 Å². The van der Waals surface area contributed by atoms with Crippen LogP contribution in [0.1, 0.15) is 13.8 Å². The molecular weight excluding hydrogens is 365 g/mol. The summed E-state index contributed by atoms with van der Waals surface area (Å²) in [5.41, 5.74) is 0.419. The number of hydrogen-bond acceptors (Lipinski definition) is 5. The number of aromatic amines is 1. The molecule has 28 heavy (non-hydrogen) atoms. The van der Waals surface area contributed by atoms with Gasteiger partial charge in [0.2, 0.25) is 5.82 Å². The zero-order valence-corrected chi connectivity index (χ0v) is 15.1. The average Bonchev–Trinajstić information content (AvgIpc) is 2.99. The topological polar surface area (TPSA) is 107 Å². The SMILES string of the molecule is CC(C)Cn1cc(-c2nc3cc(F)c([N+](=O)[O-])cc3[nH]c2=O)c2cccnc21. The van der Waals surface area contributed by atoms with Crippen molar-refractivity contribution in [1.82, 2.24) is 19.5 Å². The van der Waals surface area contributed by atoms with Crippen LogP contribution in [0.3, 0.4) is 0 Å². The van der Waals surface area contributed by atoms with E-state index in [1.807, 2.05) is 16.8 Å². The Bertz CT molecular complexity index is 1290. The molecule has 1 N–H and O–H groups in total. The monoisotopic (exact) mass is 381 g/mol. The lowest BCUT2D eigenvalue weighted by atomic mass is 10.1. The van der Waals surface area contributed by atoms with Gasteiger partial charge in [0.15, 0.2) is 0 Å². The molecule has 142 valence electrons. The molecule has 0 aliphatic carbocycles. The molecule has 0 radical (unpaired) electrons. The molecule has 8 nitrogen and oxygen atoms in total. The highest BCUT2D eigenvalue weighted by molar-refractivity contribution is 5.94.